The molecule has 1 aliphatic rings. The van der Waals surface area contributed by atoms with Crippen molar-refractivity contribution in [2.45, 2.75) is 18.9 Å². The Labute approximate surface area is 105 Å². The van der Waals surface area contributed by atoms with E-state index >= 15 is 0 Å². The maximum absolute atomic E-state index is 10.7. The van der Waals surface area contributed by atoms with E-state index in [-0.39, 0.29) is 5.69 Å². The molecule has 0 radical (unpaired) electrons. The Bertz CT molecular complexity index is 430. The van der Waals surface area contributed by atoms with E-state index in [9.17, 15) is 10.1 Å². The number of ether oxygens (including phenoxy) is 2. The molecule has 2 rings (SSSR count). The van der Waals surface area contributed by atoms with Gasteiger partial charge in [-0.1, -0.05) is 0 Å². The third-order valence-electron chi connectivity index (χ3n) is 2.98. The lowest BCUT2D eigenvalue weighted by Crippen LogP contribution is -2.27. The fraction of sp³-hybridized carbons (Fsp3) is 0.500. The van der Waals surface area contributed by atoms with Crippen molar-refractivity contribution < 1.29 is 14.4 Å². The lowest BCUT2D eigenvalue weighted by atomic mass is 10.1. The van der Waals surface area contributed by atoms with Gasteiger partial charge in [-0.25, -0.2) is 0 Å². The van der Waals surface area contributed by atoms with Gasteiger partial charge in [0.2, 0.25) is 0 Å². The van der Waals surface area contributed by atoms with Gasteiger partial charge in [0.15, 0.2) is 0 Å². The fourth-order valence-corrected chi connectivity index (χ4v) is 1.97. The molecule has 0 unspecified atom stereocenters. The fourth-order valence-electron chi connectivity index (χ4n) is 1.97. The first-order chi connectivity index (χ1) is 8.70. The van der Waals surface area contributed by atoms with E-state index in [1.165, 1.54) is 19.2 Å². The zero-order valence-electron chi connectivity index (χ0n) is 10.2. The van der Waals surface area contributed by atoms with Gasteiger partial charge in [-0.15, -0.1) is 0 Å². The molecule has 0 aromatic heterocycles. The third kappa shape index (κ3) is 2.89. The largest absolute Gasteiger partial charge is 0.494 e. The molecule has 0 bridgehead atoms. The third-order valence-corrected chi connectivity index (χ3v) is 2.98. The van der Waals surface area contributed by atoms with Crippen molar-refractivity contribution in [1.29, 1.82) is 0 Å². The van der Waals surface area contributed by atoms with Crippen LogP contribution < -0.4 is 10.1 Å². The average molecular weight is 252 g/mol. The summed E-state index contributed by atoms with van der Waals surface area (Å²) in [5, 5.41) is 14.0. The summed E-state index contributed by atoms with van der Waals surface area (Å²) in [6.07, 6.45) is 1.86. The van der Waals surface area contributed by atoms with Gasteiger partial charge in [-0.2, -0.15) is 0 Å². The SMILES string of the molecule is COc1cc([N+](=O)[O-])ccc1NC1CCOCC1. The Morgan fingerprint density at radius 1 is 1.44 bits per heavy atom. The van der Waals surface area contributed by atoms with Gasteiger partial charge in [0, 0.05) is 25.3 Å². The molecular weight excluding hydrogens is 236 g/mol. The minimum absolute atomic E-state index is 0.0318. The molecular formula is C12H16N2O4. The van der Waals surface area contributed by atoms with Crippen molar-refractivity contribution in [1.82, 2.24) is 0 Å². The molecule has 1 aliphatic heterocycles. The number of hydrogen-bond acceptors (Lipinski definition) is 5. The van der Waals surface area contributed by atoms with Gasteiger partial charge >= 0.3 is 0 Å². The lowest BCUT2D eigenvalue weighted by Gasteiger charge is -2.24. The first-order valence-electron chi connectivity index (χ1n) is 5.87. The maximum atomic E-state index is 10.7. The minimum Gasteiger partial charge on any atom is -0.494 e. The molecule has 1 fully saturated rings. The van der Waals surface area contributed by atoms with Crippen LogP contribution in [0.2, 0.25) is 0 Å². The number of anilines is 1. The first-order valence-corrected chi connectivity index (χ1v) is 5.87. The van der Waals surface area contributed by atoms with Crippen LogP contribution in [0.4, 0.5) is 11.4 Å². The highest BCUT2D eigenvalue weighted by Gasteiger charge is 2.17. The van der Waals surface area contributed by atoms with Crippen LogP contribution in [-0.2, 0) is 4.74 Å². The second-order valence-electron chi connectivity index (χ2n) is 4.17. The summed E-state index contributed by atoms with van der Waals surface area (Å²) in [7, 11) is 1.51. The second-order valence-corrected chi connectivity index (χ2v) is 4.17. The van der Waals surface area contributed by atoms with Gasteiger partial charge in [0.05, 0.1) is 23.8 Å². The zero-order valence-corrected chi connectivity index (χ0v) is 10.2. The van der Waals surface area contributed by atoms with Crippen molar-refractivity contribution in [3.8, 4) is 5.75 Å². The van der Waals surface area contributed by atoms with E-state index in [2.05, 4.69) is 5.32 Å². The van der Waals surface area contributed by atoms with E-state index < -0.39 is 4.92 Å². The van der Waals surface area contributed by atoms with Crippen molar-refractivity contribution in [3.63, 3.8) is 0 Å². The van der Waals surface area contributed by atoms with Gasteiger partial charge in [-0.05, 0) is 18.9 Å². The number of nitro groups is 1. The molecule has 1 N–H and O–H groups in total. The van der Waals surface area contributed by atoms with E-state index in [1.54, 1.807) is 6.07 Å². The number of nitrogens with one attached hydrogen (secondary N) is 1. The lowest BCUT2D eigenvalue weighted by molar-refractivity contribution is -0.384. The molecule has 0 amide bonds. The van der Waals surface area contributed by atoms with Crippen molar-refractivity contribution in [3.05, 3.63) is 28.3 Å². The molecule has 98 valence electrons. The van der Waals surface area contributed by atoms with Crippen LogP contribution in [0.1, 0.15) is 12.8 Å². The van der Waals surface area contributed by atoms with Crippen LogP contribution in [0.25, 0.3) is 0 Å². The molecule has 0 atom stereocenters. The van der Waals surface area contributed by atoms with Crippen LogP contribution >= 0.6 is 0 Å². The highest BCUT2D eigenvalue weighted by molar-refractivity contribution is 5.61. The van der Waals surface area contributed by atoms with Crippen LogP contribution in [0, 0.1) is 10.1 Å². The van der Waals surface area contributed by atoms with Crippen molar-refractivity contribution in [2.24, 2.45) is 0 Å². The summed E-state index contributed by atoms with van der Waals surface area (Å²) in [5.74, 6) is 0.496. The minimum atomic E-state index is -0.430. The maximum Gasteiger partial charge on any atom is 0.273 e. The van der Waals surface area contributed by atoms with Crippen molar-refractivity contribution in [2.75, 3.05) is 25.6 Å². The number of rotatable bonds is 4. The second kappa shape index (κ2) is 5.68. The molecule has 1 aromatic carbocycles. The van der Waals surface area contributed by atoms with Gasteiger partial charge < -0.3 is 14.8 Å². The summed E-state index contributed by atoms with van der Waals surface area (Å²) in [4.78, 5) is 10.3. The van der Waals surface area contributed by atoms with Crippen LogP contribution in [0.15, 0.2) is 18.2 Å². The van der Waals surface area contributed by atoms with E-state index in [4.69, 9.17) is 9.47 Å². The normalized spacial score (nSPS) is 16.3. The molecule has 0 saturated carbocycles. The molecule has 1 heterocycles. The van der Waals surface area contributed by atoms with Crippen molar-refractivity contribution >= 4 is 11.4 Å². The number of non-ortho nitro benzene ring substituents is 1. The Hall–Kier alpha value is -1.82. The predicted octanol–water partition coefficient (Wildman–Crippen LogP) is 2.19. The quantitative estimate of drug-likeness (QED) is 0.656. The molecule has 0 spiro atoms. The number of nitrogens with zero attached hydrogens (tertiary/aromatic N) is 1. The Morgan fingerprint density at radius 3 is 2.78 bits per heavy atom. The molecule has 1 aromatic rings. The van der Waals surface area contributed by atoms with Gasteiger partial charge in [0.25, 0.3) is 5.69 Å². The zero-order chi connectivity index (χ0) is 13.0. The number of hydrogen-bond donors (Lipinski definition) is 1. The number of methoxy groups -OCH3 is 1. The Kier molecular flexibility index (Phi) is 3.99. The Balaban J connectivity index is 2.13. The van der Waals surface area contributed by atoms with E-state index in [0.29, 0.717) is 11.8 Å². The first kappa shape index (κ1) is 12.6. The summed E-state index contributed by atoms with van der Waals surface area (Å²) >= 11 is 0. The molecule has 6 heteroatoms. The summed E-state index contributed by atoms with van der Waals surface area (Å²) in [5.41, 5.74) is 0.819. The van der Waals surface area contributed by atoms with Gasteiger partial charge in [-0.3, -0.25) is 10.1 Å². The van der Waals surface area contributed by atoms with Crippen LogP contribution in [-0.4, -0.2) is 31.3 Å². The Morgan fingerprint density at radius 2 is 2.17 bits per heavy atom. The van der Waals surface area contributed by atoms with E-state index in [0.717, 1.165) is 31.7 Å². The molecule has 18 heavy (non-hydrogen) atoms. The average Bonchev–Trinajstić information content (AvgIpc) is 2.40. The van der Waals surface area contributed by atoms with Crippen LogP contribution in [0.3, 0.4) is 0 Å². The number of nitro benzene ring substituents is 1. The molecule has 1 saturated heterocycles. The highest BCUT2D eigenvalue weighted by Crippen LogP contribution is 2.30. The predicted molar refractivity (Wildman–Crippen MR) is 67.1 cm³/mol. The monoisotopic (exact) mass is 252 g/mol. The standard InChI is InChI=1S/C12H16N2O4/c1-17-12-8-10(14(15)16)2-3-11(12)13-9-4-6-18-7-5-9/h2-3,8-9,13H,4-7H2,1H3. The summed E-state index contributed by atoms with van der Waals surface area (Å²) in [6, 6.07) is 4.92. The summed E-state index contributed by atoms with van der Waals surface area (Å²) < 4.78 is 10.5. The topological polar surface area (TPSA) is 73.6 Å². The smallest absolute Gasteiger partial charge is 0.273 e. The van der Waals surface area contributed by atoms with E-state index in [1.807, 2.05) is 0 Å². The van der Waals surface area contributed by atoms with Crippen LogP contribution in [0.5, 0.6) is 5.75 Å². The molecule has 6 nitrogen and oxygen atoms in total. The molecule has 0 aliphatic carbocycles. The number of benzene rings is 1. The summed E-state index contributed by atoms with van der Waals surface area (Å²) in [6.45, 7) is 1.49. The highest BCUT2D eigenvalue weighted by atomic mass is 16.6. The van der Waals surface area contributed by atoms with Gasteiger partial charge in [0.1, 0.15) is 5.75 Å².